The van der Waals surface area contributed by atoms with Gasteiger partial charge in [0.25, 0.3) is 0 Å². The van der Waals surface area contributed by atoms with Gasteiger partial charge >= 0.3 is 0 Å². The van der Waals surface area contributed by atoms with Crippen molar-refractivity contribution in [3.63, 3.8) is 0 Å². The van der Waals surface area contributed by atoms with Crippen LogP contribution in [-0.2, 0) is 25.3 Å². The first-order valence-corrected chi connectivity index (χ1v) is 8.34. The second kappa shape index (κ2) is 14.2. The van der Waals surface area contributed by atoms with E-state index in [4.69, 9.17) is 11.5 Å². The van der Waals surface area contributed by atoms with E-state index in [1.165, 1.54) is 0 Å². The third-order valence-electron chi connectivity index (χ3n) is 2.67. The summed E-state index contributed by atoms with van der Waals surface area (Å²) in [5, 5.41) is 14.7. The van der Waals surface area contributed by atoms with Gasteiger partial charge in [-0.25, -0.2) is 0 Å². The number of rotatable bonds is 4. The van der Waals surface area contributed by atoms with Crippen molar-refractivity contribution in [3.05, 3.63) is 71.6 Å². The number of amidine groups is 2. The van der Waals surface area contributed by atoms with Crippen molar-refractivity contribution in [2.75, 3.05) is 0 Å². The Morgan fingerprint density at radius 1 is 0.741 bits per heavy atom. The van der Waals surface area contributed by atoms with E-state index in [-0.39, 0.29) is 34.2 Å². The van der Waals surface area contributed by atoms with E-state index in [1.54, 1.807) is 26.2 Å². The molecule has 0 amide bonds. The van der Waals surface area contributed by atoms with E-state index < -0.39 is 0 Å². The predicted molar refractivity (Wildman–Crippen MR) is 122 cm³/mol. The van der Waals surface area contributed by atoms with Gasteiger partial charge in [0.15, 0.2) is 0 Å². The Balaban J connectivity index is 0.000000483. The van der Waals surface area contributed by atoms with Crippen molar-refractivity contribution in [3.8, 4) is 0 Å². The molecule has 0 aliphatic rings. The summed E-state index contributed by atoms with van der Waals surface area (Å²) in [7, 11) is 0. The SMILES string of the molecule is CC(=N/N=C(\[NH-])[SH2+])c1ccccn1.CC(=N/N=C(\[NH-])[SH2+])c1ccccn1.[Sn]. The predicted octanol–water partition coefficient (Wildman–Crippen LogP) is 2.07. The van der Waals surface area contributed by atoms with Crippen molar-refractivity contribution in [2.24, 2.45) is 20.4 Å². The van der Waals surface area contributed by atoms with Crippen LogP contribution in [0.3, 0.4) is 0 Å². The molecular weight excluding hydrogens is 487 g/mol. The molecule has 0 aliphatic carbocycles. The molecule has 0 saturated heterocycles. The summed E-state index contributed by atoms with van der Waals surface area (Å²) in [6, 6.07) is 11.1. The van der Waals surface area contributed by atoms with Crippen LogP contribution in [0.25, 0.3) is 11.5 Å². The van der Waals surface area contributed by atoms with Crippen LogP contribution in [0.1, 0.15) is 25.2 Å². The third-order valence-corrected chi connectivity index (χ3v) is 2.87. The monoisotopic (exact) mass is 508 g/mol. The molecule has 2 rings (SSSR count). The Labute approximate surface area is 186 Å². The van der Waals surface area contributed by atoms with E-state index >= 15 is 0 Å². The van der Waals surface area contributed by atoms with Crippen molar-refractivity contribution < 1.29 is 0 Å². The maximum Gasteiger partial charge on any atom is 0.144 e. The van der Waals surface area contributed by atoms with Gasteiger partial charge in [0, 0.05) is 36.3 Å². The molecule has 0 fully saturated rings. The zero-order valence-corrected chi connectivity index (χ0v) is 19.7. The van der Waals surface area contributed by atoms with Crippen LogP contribution in [0.2, 0.25) is 0 Å². The maximum atomic E-state index is 6.97. The number of nitrogens with one attached hydrogen (secondary N) is 2. The summed E-state index contributed by atoms with van der Waals surface area (Å²) in [5.41, 5.74) is 16.8. The van der Waals surface area contributed by atoms with Crippen LogP contribution in [0.4, 0.5) is 0 Å². The third kappa shape index (κ3) is 11.4. The zero-order valence-electron chi connectivity index (χ0n) is 14.8. The van der Waals surface area contributed by atoms with Crippen LogP contribution in [-0.4, -0.2) is 55.6 Å². The number of aromatic nitrogens is 2. The van der Waals surface area contributed by atoms with Gasteiger partial charge in [0.1, 0.15) is 10.3 Å². The maximum absolute atomic E-state index is 6.97. The van der Waals surface area contributed by atoms with E-state index in [0.717, 1.165) is 11.4 Å². The molecule has 2 N–H and O–H groups in total. The number of pyridine rings is 2. The summed E-state index contributed by atoms with van der Waals surface area (Å²) in [4.78, 5) is 8.16. The van der Waals surface area contributed by atoms with Gasteiger partial charge in [-0.3, -0.25) is 20.2 Å². The Kier molecular flexibility index (Phi) is 13.2. The molecule has 8 nitrogen and oxygen atoms in total. The molecule has 0 spiro atoms. The Morgan fingerprint density at radius 2 is 1.11 bits per heavy atom. The normalized spacial score (nSPS) is 12.6. The van der Waals surface area contributed by atoms with Gasteiger partial charge in [-0.05, 0) is 63.4 Å². The van der Waals surface area contributed by atoms with Crippen molar-refractivity contribution in [1.29, 1.82) is 0 Å². The topological polar surface area (TPSA) is 123 Å². The standard InChI is InChI=1S/2C8H9N4S.Sn/c2*1-6(11-12-8(9)13)7-4-2-3-5-10-7;/h2*2-5H,1H3,(H2-,9,10,12,13);/q2*-1;/p+2. The molecule has 11 heteroatoms. The van der Waals surface area contributed by atoms with Crippen LogP contribution in [0.15, 0.2) is 69.2 Å². The quantitative estimate of drug-likeness (QED) is 0.207. The molecule has 2 aromatic heterocycles. The molecule has 0 saturated carbocycles. The number of hydrogen-bond donors (Lipinski definition) is 0. The van der Waals surface area contributed by atoms with Gasteiger partial charge in [0.2, 0.25) is 0 Å². The summed E-state index contributed by atoms with van der Waals surface area (Å²) in [6.07, 6.45) is 3.38. The average Bonchev–Trinajstić information content (AvgIpc) is 2.66. The summed E-state index contributed by atoms with van der Waals surface area (Å²) >= 11 is 5.82. The first kappa shape index (κ1) is 25.1. The smallest absolute Gasteiger partial charge is 0.144 e. The van der Waals surface area contributed by atoms with Crippen LogP contribution < -0.4 is 0 Å². The van der Waals surface area contributed by atoms with E-state index in [0.29, 0.717) is 11.4 Å². The average molecular weight is 507 g/mol. The molecule has 4 radical (unpaired) electrons. The van der Waals surface area contributed by atoms with Crippen molar-refractivity contribution in [2.45, 2.75) is 13.8 Å². The Hall–Kier alpha value is -1.92. The fourth-order valence-electron chi connectivity index (χ4n) is 1.51. The van der Waals surface area contributed by atoms with Crippen molar-refractivity contribution >= 4 is 70.9 Å². The van der Waals surface area contributed by atoms with Gasteiger partial charge in [-0.15, -0.1) is 0 Å². The summed E-state index contributed by atoms with van der Waals surface area (Å²) < 4.78 is 0. The second-order valence-electron chi connectivity index (χ2n) is 4.70. The minimum absolute atomic E-state index is 0. The van der Waals surface area contributed by atoms with Gasteiger partial charge in [0.05, 0.1) is 22.8 Å². The first-order chi connectivity index (χ1) is 12.4. The van der Waals surface area contributed by atoms with E-state index in [1.807, 2.05) is 36.4 Å². The second-order valence-corrected chi connectivity index (χ2v) is 5.65. The number of hydrogen-bond acceptors (Lipinski definition) is 6. The molecule has 0 bridgehead atoms. The molecule has 0 aliphatic heterocycles. The fraction of sp³-hybridized carbons (Fsp3) is 0.125. The van der Waals surface area contributed by atoms with Crippen molar-refractivity contribution in [1.82, 2.24) is 9.97 Å². The van der Waals surface area contributed by atoms with Gasteiger partial charge in [-0.1, -0.05) is 12.1 Å². The summed E-state index contributed by atoms with van der Waals surface area (Å²) in [5.74, 6) is 0. The van der Waals surface area contributed by atoms with Crippen LogP contribution in [0, 0.1) is 0 Å². The van der Waals surface area contributed by atoms with E-state index in [2.05, 4.69) is 55.6 Å². The first-order valence-electron chi connectivity index (χ1n) is 7.34. The molecule has 0 aromatic carbocycles. The molecule has 2 aromatic rings. The van der Waals surface area contributed by atoms with E-state index in [9.17, 15) is 0 Å². The minimum atomic E-state index is -0.00437. The molecule has 27 heavy (non-hydrogen) atoms. The molecule has 2 heterocycles. The number of nitrogens with zero attached hydrogens (tertiary/aromatic N) is 6. The molecule has 140 valence electrons. The Morgan fingerprint density at radius 3 is 1.37 bits per heavy atom. The Bertz CT molecular complexity index is 730. The van der Waals surface area contributed by atoms with Gasteiger partial charge < -0.3 is 21.7 Å². The van der Waals surface area contributed by atoms with Crippen LogP contribution in [0.5, 0.6) is 0 Å². The minimum Gasteiger partial charge on any atom is -0.439 e. The molecular formula is C16H20N8S2Sn. The zero-order chi connectivity index (χ0) is 19.4. The largest absolute Gasteiger partial charge is 0.439 e. The fourth-order valence-corrected chi connectivity index (χ4v) is 1.61. The molecule has 0 atom stereocenters. The molecule has 0 unspecified atom stereocenters. The summed E-state index contributed by atoms with van der Waals surface area (Å²) in [6.45, 7) is 3.59. The van der Waals surface area contributed by atoms with Gasteiger partial charge in [-0.2, -0.15) is 0 Å². The van der Waals surface area contributed by atoms with Crippen LogP contribution >= 0.6 is 0 Å².